The van der Waals surface area contributed by atoms with Crippen LogP contribution in [0.1, 0.15) is 44.7 Å². The van der Waals surface area contributed by atoms with Crippen LogP contribution in [0.5, 0.6) is 0 Å². The van der Waals surface area contributed by atoms with Crippen LogP contribution < -0.4 is 0 Å². The van der Waals surface area contributed by atoms with Crippen molar-refractivity contribution in [1.29, 1.82) is 0 Å². The minimum absolute atomic E-state index is 0.749. The molecule has 0 aliphatic heterocycles. The summed E-state index contributed by atoms with van der Waals surface area (Å²) in [6.07, 6.45) is 5.01. The number of rotatable bonds is 7. The molecule has 0 fully saturated rings. The second kappa shape index (κ2) is 7.92. The van der Waals surface area contributed by atoms with Crippen molar-refractivity contribution in [2.24, 2.45) is 11.8 Å². The van der Waals surface area contributed by atoms with Gasteiger partial charge in [-0.1, -0.05) is 61.0 Å². The number of alkyl halides is 1. The highest BCUT2D eigenvalue weighted by Crippen LogP contribution is 2.16. The van der Waals surface area contributed by atoms with Gasteiger partial charge >= 0.3 is 0 Å². The van der Waals surface area contributed by atoms with Crippen molar-refractivity contribution in [3.63, 3.8) is 0 Å². The summed E-state index contributed by atoms with van der Waals surface area (Å²) in [4.78, 5) is 0. The van der Waals surface area contributed by atoms with Crippen LogP contribution in [0.4, 0.5) is 0 Å². The van der Waals surface area contributed by atoms with Gasteiger partial charge in [0, 0.05) is 5.33 Å². The monoisotopic (exact) mass is 296 g/mol. The zero-order valence-electron chi connectivity index (χ0n) is 11.4. The maximum Gasteiger partial charge on any atom is 0.00314 e. The fraction of sp³-hybridized carbons (Fsp3) is 0.625. The van der Waals surface area contributed by atoms with Gasteiger partial charge in [-0.3, -0.25) is 0 Å². The number of hydrogen-bond acceptors (Lipinski definition) is 0. The van der Waals surface area contributed by atoms with Gasteiger partial charge in [0.25, 0.3) is 0 Å². The van der Waals surface area contributed by atoms with E-state index in [0.717, 1.165) is 17.2 Å². The first-order valence-electron chi connectivity index (χ1n) is 6.75. The topological polar surface area (TPSA) is 0 Å². The van der Waals surface area contributed by atoms with Crippen molar-refractivity contribution < 1.29 is 0 Å². The molecule has 1 heteroatoms. The summed E-state index contributed by atoms with van der Waals surface area (Å²) in [5, 5.41) is 1.13. The lowest BCUT2D eigenvalue weighted by Crippen LogP contribution is -2.01. The van der Waals surface area contributed by atoms with E-state index in [1.165, 1.54) is 36.8 Å². The van der Waals surface area contributed by atoms with Crippen molar-refractivity contribution in [3.8, 4) is 0 Å². The lowest BCUT2D eigenvalue weighted by molar-refractivity contribution is 0.525. The third-order valence-corrected chi connectivity index (χ3v) is 3.64. The molecule has 0 nitrogen and oxygen atoms in total. The summed E-state index contributed by atoms with van der Waals surface area (Å²) in [5.74, 6) is 1.54. The summed E-state index contributed by atoms with van der Waals surface area (Å²) >= 11 is 3.50. The molecule has 0 N–H and O–H groups in total. The van der Waals surface area contributed by atoms with Crippen LogP contribution in [0.3, 0.4) is 0 Å². The molecule has 0 aliphatic carbocycles. The van der Waals surface area contributed by atoms with E-state index < -0.39 is 0 Å². The van der Waals surface area contributed by atoms with Crippen LogP contribution >= 0.6 is 15.9 Å². The van der Waals surface area contributed by atoms with Gasteiger partial charge in [-0.25, -0.2) is 0 Å². The summed E-state index contributed by atoms with van der Waals surface area (Å²) in [6.45, 7) is 6.90. The van der Waals surface area contributed by atoms with Crippen molar-refractivity contribution in [1.82, 2.24) is 0 Å². The van der Waals surface area contributed by atoms with Crippen LogP contribution in [0.25, 0.3) is 0 Å². The molecular weight excluding hydrogens is 272 g/mol. The molecule has 17 heavy (non-hydrogen) atoms. The normalized spacial score (nSPS) is 13.0. The van der Waals surface area contributed by atoms with Gasteiger partial charge in [0.2, 0.25) is 0 Å². The molecule has 1 rings (SSSR count). The van der Waals surface area contributed by atoms with Gasteiger partial charge in [0.1, 0.15) is 0 Å². The minimum atomic E-state index is 0.749. The second-order valence-corrected chi connectivity index (χ2v) is 6.35. The van der Waals surface area contributed by atoms with E-state index in [9.17, 15) is 0 Å². The first kappa shape index (κ1) is 14.8. The summed E-state index contributed by atoms with van der Waals surface area (Å²) in [7, 11) is 0. The van der Waals surface area contributed by atoms with E-state index >= 15 is 0 Å². The number of benzene rings is 1. The zero-order chi connectivity index (χ0) is 12.7. The van der Waals surface area contributed by atoms with Gasteiger partial charge in [0.05, 0.1) is 0 Å². The highest BCUT2D eigenvalue weighted by Gasteiger charge is 2.04. The predicted molar refractivity (Wildman–Crippen MR) is 80.9 cm³/mol. The van der Waals surface area contributed by atoms with Crippen LogP contribution in [-0.4, -0.2) is 5.33 Å². The Balaban J connectivity index is 2.44. The Morgan fingerprint density at radius 1 is 0.941 bits per heavy atom. The van der Waals surface area contributed by atoms with Crippen molar-refractivity contribution in [3.05, 3.63) is 35.4 Å². The lowest BCUT2D eigenvalue weighted by atomic mass is 9.95. The Morgan fingerprint density at radius 3 is 1.94 bits per heavy atom. The van der Waals surface area contributed by atoms with E-state index in [1.54, 1.807) is 0 Å². The largest absolute Gasteiger partial charge is 0.0928 e. The summed E-state index contributed by atoms with van der Waals surface area (Å²) in [6, 6.07) is 9.21. The molecule has 0 spiro atoms. The van der Waals surface area contributed by atoms with Crippen molar-refractivity contribution >= 4 is 15.9 Å². The Hall–Kier alpha value is -0.300. The van der Waals surface area contributed by atoms with Gasteiger partial charge < -0.3 is 0 Å². The smallest absolute Gasteiger partial charge is 0.00314 e. The Kier molecular flexibility index (Phi) is 6.87. The Bertz CT molecular complexity index is 300. The van der Waals surface area contributed by atoms with E-state index in [4.69, 9.17) is 0 Å². The number of halogens is 1. The standard InChI is InChI=1S/C16H25Br/c1-13(2)11-15-6-8-16(9-7-15)12-14(3)5-4-10-17/h6-9,13-14H,4-5,10-12H2,1-3H3. The van der Waals surface area contributed by atoms with Crippen LogP contribution in [-0.2, 0) is 12.8 Å². The zero-order valence-corrected chi connectivity index (χ0v) is 13.0. The summed E-state index contributed by atoms with van der Waals surface area (Å²) in [5.41, 5.74) is 2.96. The van der Waals surface area contributed by atoms with E-state index in [2.05, 4.69) is 61.0 Å². The van der Waals surface area contributed by atoms with Crippen LogP contribution in [0.15, 0.2) is 24.3 Å². The van der Waals surface area contributed by atoms with E-state index in [0.29, 0.717) is 0 Å². The molecule has 1 unspecified atom stereocenters. The first-order chi connectivity index (χ1) is 8.11. The van der Waals surface area contributed by atoms with Gasteiger partial charge in [0.15, 0.2) is 0 Å². The maximum atomic E-state index is 3.50. The predicted octanol–water partition coefficient (Wildman–Crippen LogP) is 5.24. The average molecular weight is 297 g/mol. The van der Waals surface area contributed by atoms with Gasteiger partial charge in [-0.2, -0.15) is 0 Å². The molecule has 1 aromatic carbocycles. The third kappa shape index (κ3) is 6.26. The van der Waals surface area contributed by atoms with Gasteiger partial charge in [-0.05, 0) is 48.6 Å². The molecule has 1 atom stereocenters. The van der Waals surface area contributed by atoms with Crippen molar-refractivity contribution in [2.75, 3.05) is 5.33 Å². The third-order valence-electron chi connectivity index (χ3n) is 3.08. The molecule has 96 valence electrons. The van der Waals surface area contributed by atoms with Crippen LogP contribution in [0.2, 0.25) is 0 Å². The molecule has 1 aromatic rings. The number of hydrogen-bond donors (Lipinski definition) is 0. The van der Waals surface area contributed by atoms with E-state index in [-0.39, 0.29) is 0 Å². The molecule has 0 saturated heterocycles. The minimum Gasteiger partial charge on any atom is -0.0928 e. The highest BCUT2D eigenvalue weighted by molar-refractivity contribution is 9.09. The SMILES string of the molecule is CC(C)Cc1ccc(CC(C)CCCBr)cc1. The second-order valence-electron chi connectivity index (χ2n) is 5.55. The van der Waals surface area contributed by atoms with Crippen LogP contribution in [0, 0.1) is 11.8 Å². The molecule has 0 heterocycles. The summed E-state index contributed by atoms with van der Waals surface area (Å²) < 4.78 is 0. The van der Waals surface area contributed by atoms with Gasteiger partial charge in [-0.15, -0.1) is 0 Å². The fourth-order valence-corrected chi connectivity index (χ4v) is 2.54. The van der Waals surface area contributed by atoms with E-state index in [1.807, 2.05) is 0 Å². The molecule has 0 aromatic heterocycles. The molecule has 0 amide bonds. The molecule has 0 radical (unpaired) electrons. The average Bonchev–Trinajstić information content (AvgIpc) is 2.28. The quantitative estimate of drug-likeness (QED) is 0.604. The van der Waals surface area contributed by atoms with Crippen molar-refractivity contribution in [2.45, 2.75) is 46.5 Å². The Morgan fingerprint density at radius 2 is 1.47 bits per heavy atom. The fourth-order valence-electron chi connectivity index (χ4n) is 2.21. The molecule has 0 bridgehead atoms. The lowest BCUT2D eigenvalue weighted by Gasteiger charge is -2.11. The highest BCUT2D eigenvalue weighted by atomic mass is 79.9. The molecule has 0 saturated carbocycles. The molecular formula is C16H25Br. The Labute approximate surface area is 115 Å². The maximum absolute atomic E-state index is 3.50. The first-order valence-corrected chi connectivity index (χ1v) is 7.87. The molecule has 0 aliphatic rings.